The van der Waals surface area contributed by atoms with Crippen LogP contribution >= 0.6 is 12.4 Å². The minimum absolute atomic E-state index is 0. The normalized spacial score (nSPS) is 16.2. The predicted octanol–water partition coefficient (Wildman–Crippen LogP) is 3.18. The molecule has 2 amide bonds. The second-order valence-electron chi connectivity index (χ2n) is 7.31. The first-order valence-corrected chi connectivity index (χ1v) is 9.69. The van der Waals surface area contributed by atoms with Gasteiger partial charge in [-0.25, -0.2) is 0 Å². The van der Waals surface area contributed by atoms with Crippen LogP contribution in [0.5, 0.6) is 0 Å². The maximum atomic E-state index is 12.7. The van der Waals surface area contributed by atoms with Gasteiger partial charge in [0.1, 0.15) is 0 Å². The summed E-state index contributed by atoms with van der Waals surface area (Å²) in [6.07, 6.45) is 3.06. The van der Waals surface area contributed by atoms with Gasteiger partial charge in [0.2, 0.25) is 11.8 Å². The number of hydrogen-bond donors (Lipinski definition) is 2. The third-order valence-electron chi connectivity index (χ3n) is 5.47. The Morgan fingerprint density at radius 1 is 1.04 bits per heavy atom. The van der Waals surface area contributed by atoms with E-state index in [-0.39, 0.29) is 30.1 Å². The van der Waals surface area contributed by atoms with Gasteiger partial charge >= 0.3 is 0 Å². The second-order valence-corrected chi connectivity index (χ2v) is 7.31. The molecule has 6 heteroatoms. The number of carbonyl (C=O) groups is 2. The molecule has 0 atom stereocenters. The SMILES string of the molecule is Cl.O=C(Nc1ccc(CC(=O)N2CCc3ccccc32)cc1)C1CCNCC1. The van der Waals surface area contributed by atoms with Crippen LogP contribution in [0.1, 0.15) is 24.0 Å². The quantitative estimate of drug-likeness (QED) is 0.830. The molecule has 0 bridgehead atoms. The van der Waals surface area contributed by atoms with Crippen LogP contribution in [0.2, 0.25) is 0 Å². The van der Waals surface area contributed by atoms with E-state index in [1.165, 1.54) is 5.56 Å². The fourth-order valence-electron chi connectivity index (χ4n) is 3.90. The van der Waals surface area contributed by atoms with Gasteiger partial charge in [-0.05, 0) is 61.7 Å². The predicted molar refractivity (Wildman–Crippen MR) is 114 cm³/mol. The van der Waals surface area contributed by atoms with Gasteiger partial charge in [-0.15, -0.1) is 12.4 Å². The van der Waals surface area contributed by atoms with Crippen molar-refractivity contribution in [3.8, 4) is 0 Å². The van der Waals surface area contributed by atoms with Crippen molar-refractivity contribution in [2.45, 2.75) is 25.7 Å². The summed E-state index contributed by atoms with van der Waals surface area (Å²) in [5.41, 5.74) is 4.03. The number of para-hydroxylation sites is 1. The van der Waals surface area contributed by atoms with Crippen molar-refractivity contribution in [2.24, 2.45) is 5.92 Å². The largest absolute Gasteiger partial charge is 0.326 e. The zero-order chi connectivity index (χ0) is 18.6. The maximum absolute atomic E-state index is 12.7. The number of rotatable bonds is 4. The highest BCUT2D eigenvalue weighted by atomic mass is 35.5. The Balaban J connectivity index is 0.00000225. The molecule has 148 valence electrons. The molecule has 2 aromatic rings. The molecule has 2 aliphatic rings. The summed E-state index contributed by atoms with van der Waals surface area (Å²) < 4.78 is 0. The smallest absolute Gasteiger partial charge is 0.231 e. The molecule has 0 aliphatic carbocycles. The number of halogens is 1. The van der Waals surface area contributed by atoms with Crippen LogP contribution in [0.25, 0.3) is 0 Å². The average molecular weight is 400 g/mol. The summed E-state index contributed by atoms with van der Waals surface area (Å²) >= 11 is 0. The van der Waals surface area contributed by atoms with Crippen LogP contribution in [-0.2, 0) is 22.4 Å². The van der Waals surface area contributed by atoms with Crippen LogP contribution in [-0.4, -0.2) is 31.4 Å². The lowest BCUT2D eigenvalue weighted by Crippen LogP contribution is -2.34. The van der Waals surface area contributed by atoms with Gasteiger partial charge < -0.3 is 15.5 Å². The summed E-state index contributed by atoms with van der Waals surface area (Å²) in [6, 6.07) is 15.7. The molecule has 0 saturated carbocycles. The summed E-state index contributed by atoms with van der Waals surface area (Å²) in [7, 11) is 0. The van der Waals surface area contributed by atoms with Gasteiger partial charge in [-0.1, -0.05) is 30.3 Å². The van der Waals surface area contributed by atoms with Crippen molar-refractivity contribution in [1.82, 2.24) is 5.32 Å². The number of amides is 2. The molecular weight excluding hydrogens is 374 g/mol. The van der Waals surface area contributed by atoms with E-state index in [0.29, 0.717) is 6.42 Å². The molecule has 5 nitrogen and oxygen atoms in total. The summed E-state index contributed by atoms with van der Waals surface area (Å²) in [6.45, 7) is 2.56. The lowest BCUT2D eigenvalue weighted by molar-refractivity contribution is -0.120. The Morgan fingerprint density at radius 3 is 2.50 bits per heavy atom. The monoisotopic (exact) mass is 399 g/mol. The number of fused-ring (bicyclic) bond motifs is 1. The first kappa shape index (κ1) is 20.4. The average Bonchev–Trinajstić information content (AvgIpc) is 3.14. The van der Waals surface area contributed by atoms with E-state index < -0.39 is 0 Å². The van der Waals surface area contributed by atoms with Crippen molar-refractivity contribution in [1.29, 1.82) is 0 Å². The fourth-order valence-corrected chi connectivity index (χ4v) is 3.90. The number of hydrogen-bond acceptors (Lipinski definition) is 3. The zero-order valence-corrected chi connectivity index (χ0v) is 16.6. The van der Waals surface area contributed by atoms with E-state index in [1.807, 2.05) is 47.4 Å². The van der Waals surface area contributed by atoms with E-state index in [9.17, 15) is 9.59 Å². The van der Waals surface area contributed by atoms with Gasteiger partial charge in [0.25, 0.3) is 0 Å². The fraction of sp³-hybridized carbons (Fsp3) is 0.364. The van der Waals surface area contributed by atoms with Gasteiger partial charge in [0.15, 0.2) is 0 Å². The molecule has 0 spiro atoms. The Bertz CT molecular complexity index is 832. The molecule has 0 unspecified atom stereocenters. The highest BCUT2D eigenvalue weighted by molar-refractivity contribution is 5.97. The number of carbonyl (C=O) groups excluding carboxylic acids is 2. The molecule has 0 aromatic heterocycles. The summed E-state index contributed by atoms with van der Waals surface area (Å²) in [4.78, 5) is 26.9. The Hall–Kier alpha value is -2.37. The molecule has 28 heavy (non-hydrogen) atoms. The van der Waals surface area contributed by atoms with Gasteiger partial charge in [0.05, 0.1) is 6.42 Å². The Morgan fingerprint density at radius 2 is 1.75 bits per heavy atom. The van der Waals surface area contributed by atoms with Crippen LogP contribution < -0.4 is 15.5 Å². The highest BCUT2D eigenvalue weighted by Crippen LogP contribution is 2.28. The molecule has 2 N–H and O–H groups in total. The summed E-state index contributed by atoms with van der Waals surface area (Å²) in [5.74, 6) is 0.295. The minimum Gasteiger partial charge on any atom is -0.326 e. The number of nitrogens with zero attached hydrogens (tertiary/aromatic N) is 1. The van der Waals surface area contributed by atoms with Gasteiger partial charge in [-0.3, -0.25) is 9.59 Å². The number of nitrogens with one attached hydrogen (secondary N) is 2. The molecule has 2 heterocycles. The molecule has 1 fully saturated rings. The lowest BCUT2D eigenvalue weighted by atomic mass is 9.97. The topological polar surface area (TPSA) is 61.4 Å². The first-order valence-electron chi connectivity index (χ1n) is 9.69. The molecule has 4 rings (SSSR count). The Labute approximate surface area is 171 Å². The van der Waals surface area contributed by atoms with Crippen LogP contribution in [0.15, 0.2) is 48.5 Å². The standard InChI is InChI=1S/C22H25N3O2.ClH/c26-21(25-14-11-17-3-1-2-4-20(17)25)15-16-5-7-19(8-6-16)24-22(27)18-9-12-23-13-10-18;/h1-8,18,23H,9-15H2,(H,24,27);1H. The molecule has 2 aliphatic heterocycles. The number of benzene rings is 2. The molecule has 2 aromatic carbocycles. The maximum Gasteiger partial charge on any atom is 0.231 e. The third-order valence-corrected chi connectivity index (χ3v) is 5.47. The van der Waals surface area contributed by atoms with Gasteiger partial charge in [0, 0.05) is 23.8 Å². The Kier molecular flexibility index (Phi) is 6.70. The molecule has 1 saturated heterocycles. The zero-order valence-electron chi connectivity index (χ0n) is 15.8. The van der Waals surface area contributed by atoms with Crippen LogP contribution in [0.4, 0.5) is 11.4 Å². The highest BCUT2D eigenvalue weighted by Gasteiger charge is 2.24. The lowest BCUT2D eigenvalue weighted by Gasteiger charge is -2.21. The van der Waals surface area contributed by atoms with Crippen molar-refractivity contribution in [2.75, 3.05) is 29.9 Å². The molecule has 0 radical (unpaired) electrons. The third kappa shape index (κ3) is 4.54. The van der Waals surface area contributed by atoms with E-state index >= 15 is 0 Å². The molecular formula is C22H26ClN3O2. The van der Waals surface area contributed by atoms with Crippen molar-refractivity contribution in [3.05, 3.63) is 59.7 Å². The van der Waals surface area contributed by atoms with E-state index in [1.54, 1.807) is 0 Å². The number of piperidine rings is 1. The van der Waals surface area contributed by atoms with Crippen LogP contribution in [0, 0.1) is 5.92 Å². The first-order chi connectivity index (χ1) is 13.2. The second kappa shape index (κ2) is 9.22. The van der Waals surface area contributed by atoms with E-state index in [4.69, 9.17) is 0 Å². The van der Waals surface area contributed by atoms with Gasteiger partial charge in [-0.2, -0.15) is 0 Å². The van der Waals surface area contributed by atoms with Crippen molar-refractivity contribution < 1.29 is 9.59 Å². The summed E-state index contributed by atoms with van der Waals surface area (Å²) in [5, 5.41) is 6.27. The van der Waals surface area contributed by atoms with E-state index in [0.717, 1.165) is 55.8 Å². The van der Waals surface area contributed by atoms with E-state index in [2.05, 4.69) is 16.7 Å². The van der Waals surface area contributed by atoms with Crippen LogP contribution in [0.3, 0.4) is 0 Å². The van der Waals surface area contributed by atoms with Crippen molar-refractivity contribution in [3.63, 3.8) is 0 Å². The number of anilines is 2. The minimum atomic E-state index is 0. The van der Waals surface area contributed by atoms with Crippen molar-refractivity contribution >= 4 is 35.6 Å².